The molecule has 1 atom stereocenters. The summed E-state index contributed by atoms with van der Waals surface area (Å²) in [5.74, 6) is 0.267. The molecule has 2 N–H and O–H groups in total. The van der Waals surface area contributed by atoms with E-state index in [4.69, 9.17) is 0 Å². The Balaban J connectivity index is 0.00000128. The number of amides is 1. The molecule has 0 aromatic heterocycles. The van der Waals surface area contributed by atoms with Crippen LogP contribution in [-0.2, 0) is 4.79 Å². The average molecular weight is 284 g/mol. The number of hydrogen-bond acceptors (Lipinski definition) is 3. The Morgan fingerprint density at radius 2 is 1.82 bits per heavy atom. The highest BCUT2D eigenvalue weighted by Gasteiger charge is 2.47. The maximum atomic E-state index is 12.2. The van der Waals surface area contributed by atoms with Gasteiger partial charge in [0.05, 0.1) is 0 Å². The van der Waals surface area contributed by atoms with Crippen molar-refractivity contribution in [2.24, 2.45) is 0 Å². The third-order valence-corrected chi connectivity index (χ3v) is 3.57. The van der Waals surface area contributed by atoms with Crippen molar-refractivity contribution < 1.29 is 4.79 Å². The molecule has 2 rings (SSSR count). The average Bonchev–Trinajstić information content (AvgIpc) is 2.13. The van der Waals surface area contributed by atoms with Gasteiger partial charge >= 0.3 is 0 Å². The third kappa shape index (κ3) is 3.25. The minimum absolute atomic E-state index is 0. The molecule has 4 nitrogen and oxygen atoms in total. The third-order valence-electron chi connectivity index (χ3n) is 3.57. The highest BCUT2D eigenvalue weighted by atomic mass is 35.5. The number of carbonyl (C=O) groups is 1. The molecule has 2 aliphatic heterocycles. The molecule has 6 heteroatoms. The summed E-state index contributed by atoms with van der Waals surface area (Å²) in [6, 6.07) is 0. The summed E-state index contributed by atoms with van der Waals surface area (Å²) in [4.78, 5) is 14.1. The van der Waals surface area contributed by atoms with Gasteiger partial charge in [-0.3, -0.25) is 4.79 Å². The first-order valence-corrected chi connectivity index (χ1v) is 5.71. The number of piperazine rings is 1. The van der Waals surface area contributed by atoms with Crippen molar-refractivity contribution in [3.8, 4) is 0 Å². The number of hydrogen-bond donors (Lipinski definition) is 2. The van der Waals surface area contributed by atoms with Gasteiger partial charge in [0, 0.05) is 25.7 Å². The van der Waals surface area contributed by atoms with E-state index in [-0.39, 0.29) is 41.8 Å². The first kappa shape index (κ1) is 17.0. The van der Waals surface area contributed by atoms with E-state index in [0.29, 0.717) is 0 Å². The second-order valence-corrected chi connectivity index (χ2v) is 5.47. The summed E-state index contributed by atoms with van der Waals surface area (Å²) >= 11 is 0. The van der Waals surface area contributed by atoms with Crippen molar-refractivity contribution in [3.05, 3.63) is 0 Å². The molecule has 0 aromatic rings. The molecule has 2 aliphatic rings. The van der Waals surface area contributed by atoms with Crippen LogP contribution in [0.3, 0.4) is 0 Å². The van der Waals surface area contributed by atoms with Gasteiger partial charge in [0.25, 0.3) is 0 Å². The first-order valence-electron chi connectivity index (χ1n) is 5.71. The molecule has 0 radical (unpaired) electrons. The van der Waals surface area contributed by atoms with Crippen LogP contribution in [0.1, 0.15) is 26.7 Å². The monoisotopic (exact) mass is 283 g/mol. The molecule has 1 unspecified atom stereocenters. The molecule has 2 saturated heterocycles. The van der Waals surface area contributed by atoms with E-state index >= 15 is 0 Å². The van der Waals surface area contributed by atoms with Crippen LogP contribution < -0.4 is 10.6 Å². The van der Waals surface area contributed by atoms with Crippen LogP contribution in [-0.4, -0.2) is 48.6 Å². The van der Waals surface area contributed by atoms with Crippen LogP contribution in [0, 0.1) is 0 Å². The molecular formula is C11H23Cl2N3O. The number of likely N-dealkylation sites (N-methyl/N-ethyl adjacent to an activating group) is 1. The molecule has 2 fully saturated rings. The Hall–Kier alpha value is -0.0300. The maximum Gasteiger partial charge on any atom is 0.242 e. The van der Waals surface area contributed by atoms with Crippen LogP contribution in [0.25, 0.3) is 0 Å². The minimum atomic E-state index is -0.304. The van der Waals surface area contributed by atoms with E-state index in [9.17, 15) is 4.79 Å². The lowest BCUT2D eigenvalue weighted by atomic mass is 9.76. The molecule has 0 aliphatic carbocycles. The van der Waals surface area contributed by atoms with Gasteiger partial charge in [-0.2, -0.15) is 0 Å². The standard InChI is InChI=1S/C11H21N3O.2ClH/c1-10(2)8-11(4-5-12-10)9(15)14(3)7-6-13-11;;/h12-13H,4-8H2,1-3H3;2*1H. The van der Waals surface area contributed by atoms with E-state index in [1.54, 1.807) is 0 Å². The molecule has 0 bridgehead atoms. The zero-order chi connectivity index (χ0) is 11.1. The Labute approximate surface area is 116 Å². The van der Waals surface area contributed by atoms with E-state index < -0.39 is 0 Å². The molecule has 102 valence electrons. The Kier molecular flexibility index (Phi) is 5.73. The summed E-state index contributed by atoms with van der Waals surface area (Å²) < 4.78 is 0. The zero-order valence-electron chi connectivity index (χ0n) is 10.7. The van der Waals surface area contributed by atoms with E-state index in [1.807, 2.05) is 11.9 Å². The summed E-state index contributed by atoms with van der Waals surface area (Å²) in [6.07, 6.45) is 1.78. The lowest BCUT2D eigenvalue weighted by Crippen LogP contribution is -2.69. The minimum Gasteiger partial charge on any atom is -0.343 e. The van der Waals surface area contributed by atoms with Crippen molar-refractivity contribution >= 4 is 30.7 Å². The fourth-order valence-corrected chi connectivity index (χ4v) is 2.86. The van der Waals surface area contributed by atoms with Crippen LogP contribution in [0.4, 0.5) is 0 Å². The number of piperidine rings is 1. The highest BCUT2D eigenvalue weighted by molar-refractivity contribution is 5.87. The molecule has 0 saturated carbocycles. The number of halogens is 2. The van der Waals surface area contributed by atoms with E-state index in [0.717, 1.165) is 32.5 Å². The maximum absolute atomic E-state index is 12.2. The fraction of sp³-hybridized carbons (Fsp3) is 0.909. The molecule has 1 amide bonds. The Bertz CT molecular complexity index is 282. The van der Waals surface area contributed by atoms with E-state index in [2.05, 4.69) is 24.5 Å². The van der Waals surface area contributed by atoms with Gasteiger partial charge in [-0.25, -0.2) is 0 Å². The predicted octanol–water partition coefficient (Wildman–Crippen LogP) is 0.792. The lowest BCUT2D eigenvalue weighted by molar-refractivity contribution is -0.142. The molecule has 17 heavy (non-hydrogen) atoms. The SMILES string of the molecule is CN1CCNC2(CCNC(C)(C)C2)C1=O.Cl.Cl. The molecule has 1 spiro atoms. The summed E-state index contributed by atoms with van der Waals surface area (Å²) in [5.41, 5.74) is -0.249. The summed E-state index contributed by atoms with van der Waals surface area (Å²) in [6.45, 7) is 6.99. The second-order valence-electron chi connectivity index (χ2n) is 5.47. The van der Waals surface area contributed by atoms with Crippen LogP contribution in [0.5, 0.6) is 0 Å². The molecule has 0 aromatic carbocycles. The molecular weight excluding hydrogens is 261 g/mol. The topological polar surface area (TPSA) is 44.4 Å². The number of nitrogens with one attached hydrogen (secondary N) is 2. The predicted molar refractivity (Wildman–Crippen MR) is 74.2 cm³/mol. The zero-order valence-corrected chi connectivity index (χ0v) is 12.3. The van der Waals surface area contributed by atoms with E-state index in [1.165, 1.54) is 0 Å². The molecule has 2 heterocycles. The van der Waals surface area contributed by atoms with Crippen LogP contribution >= 0.6 is 24.8 Å². The van der Waals surface area contributed by atoms with Gasteiger partial charge in [-0.15, -0.1) is 24.8 Å². The number of rotatable bonds is 0. The van der Waals surface area contributed by atoms with Crippen molar-refractivity contribution in [2.45, 2.75) is 37.8 Å². The van der Waals surface area contributed by atoms with Crippen molar-refractivity contribution in [1.82, 2.24) is 15.5 Å². The summed E-state index contributed by atoms with van der Waals surface area (Å²) in [5, 5.41) is 6.89. The first-order chi connectivity index (χ1) is 6.95. The van der Waals surface area contributed by atoms with Crippen molar-refractivity contribution in [2.75, 3.05) is 26.7 Å². The van der Waals surface area contributed by atoms with Gasteiger partial charge in [0.2, 0.25) is 5.91 Å². The van der Waals surface area contributed by atoms with Gasteiger partial charge in [-0.1, -0.05) is 0 Å². The lowest BCUT2D eigenvalue weighted by Gasteiger charge is -2.49. The van der Waals surface area contributed by atoms with Gasteiger partial charge < -0.3 is 15.5 Å². The van der Waals surface area contributed by atoms with Gasteiger partial charge in [0.1, 0.15) is 5.54 Å². The Morgan fingerprint density at radius 1 is 1.18 bits per heavy atom. The van der Waals surface area contributed by atoms with Crippen molar-refractivity contribution in [1.29, 1.82) is 0 Å². The number of carbonyl (C=O) groups excluding carboxylic acids is 1. The normalized spacial score (nSPS) is 31.7. The van der Waals surface area contributed by atoms with Gasteiger partial charge in [0.15, 0.2) is 0 Å². The number of nitrogens with zero attached hydrogens (tertiary/aromatic N) is 1. The highest BCUT2D eigenvalue weighted by Crippen LogP contribution is 2.30. The largest absolute Gasteiger partial charge is 0.343 e. The second kappa shape index (κ2) is 5.74. The fourth-order valence-electron chi connectivity index (χ4n) is 2.86. The Morgan fingerprint density at radius 3 is 2.41 bits per heavy atom. The van der Waals surface area contributed by atoms with Crippen molar-refractivity contribution in [3.63, 3.8) is 0 Å². The van der Waals surface area contributed by atoms with Crippen LogP contribution in [0.2, 0.25) is 0 Å². The van der Waals surface area contributed by atoms with Gasteiger partial charge in [-0.05, 0) is 33.2 Å². The summed E-state index contributed by atoms with van der Waals surface area (Å²) in [7, 11) is 1.90. The quantitative estimate of drug-likeness (QED) is 0.691. The van der Waals surface area contributed by atoms with Crippen LogP contribution in [0.15, 0.2) is 0 Å². The smallest absolute Gasteiger partial charge is 0.242 e.